The predicted molar refractivity (Wildman–Crippen MR) is 28.9 cm³/mol. The average Bonchev–Trinajstić information content (AvgIpc) is 1.81. The number of aliphatic hydroxyl groups excluding tert-OH is 2. The maximum absolute atomic E-state index is 9.82. The monoisotopic (exact) mass is 194 g/mol. The Balaban J connectivity index is 0. The maximum Gasteiger partial charge on any atom is 1.00 e. The molecule has 1 unspecified atom stereocenters. The summed E-state index contributed by atoms with van der Waals surface area (Å²) in [6.07, 6.45) is -1.28. The third-order valence-electron chi connectivity index (χ3n) is 0.641. The molecule has 3 N–H and O–H groups in total. The summed E-state index contributed by atoms with van der Waals surface area (Å²) >= 11 is 0. The largest absolute Gasteiger partial charge is 1.00 e. The number of hydrogen-bond acceptors (Lipinski definition) is 5. The number of rotatable bonds is 4. The van der Waals surface area contributed by atoms with Crippen LogP contribution in [0, 0.1) is 0 Å². The molecule has 0 rings (SSSR count). The topological polar surface area (TPSA) is 110 Å². The fourth-order valence-corrected chi connectivity index (χ4v) is 0.593. The Bertz CT molecular complexity index is 134. The molecule has 0 aromatic rings. The molecule has 0 aliphatic carbocycles. The van der Waals surface area contributed by atoms with Crippen LogP contribution in [0.5, 0.6) is 0 Å². The Kier molecular flexibility index (Phi) is 8.64. The summed E-state index contributed by atoms with van der Waals surface area (Å²) < 4.78 is 13.5. The summed E-state index contributed by atoms with van der Waals surface area (Å²) in [5.74, 6) is 0. The smallest absolute Gasteiger partial charge is 0.756 e. The van der Waals surface area contributed by atoms with E-state index in [1.807, 2.05) is 0 Å². The molecule has 8 heteroatoms. The van der Waals surface area contributed by atoms with E-state index in [9.17, 15) is 9.46 Å². The molecule has 0 radical (unpaired) electrons. The first kappa shape index (κ1) is 14.5. The van der Waals surface area contributed by atoms with Crippen LogP contribution in [0.1, 0.15) is 0 Å². The molecule has 0 aromatic carbocycles. The van der Waals surface area contributed by atoms with Gasteiger partial charge in [0.05, 0.1) is 13.2 Å². The van der Waals surface area contributed by atoms with Crippen molar-refractivity contribution in [3.05, 3.63) is 0 Å². The van der Waals surface area contributed by atoms with Gasteiger partial charge in [0, 0.05) is 0 Å². The van der Waals surface area contributed by atoms with Crippen LogP contribution in [0.3, 0.4) is 0 Å². The molecule has 0 bridgehead atoms. The fraction of sp³-hybridized carbons (Fsp3) is 1.00. The van der Waals surface area contributed by atoms with Crippen molar-refractivity contribution in [3.8, 4) is 0 Å². The second-order valence-corrected chi connectivity index (χ2v) is 2.80. The van der Waals surface area contributed by atoms with Gasteiger partial charge >= 0.3 is 29.6 Å². The maximum atomic E-state index is 9.82. The van der Waals surface area contributed by atoms with Crippen molar-refractivity contribution >= 4 is 7.82 Å². The first-order valence-electron chi connectivity index (χ1n) is 2.43. The van der Waals surface area contributed by atoms with E-state index in [0.29, 0.717) is 0 Å². The first-order chi connectivity index (χ1) is 4.45. The van der Waals surface area contributed by atoms with Gasteiger partial charge in [0.1, 0.15) is 6.10 Å². The molecule has 0 fully saturated rings. The molecule has 11 heavy (non-hydrogen) atoms. The Morgan fingerprint density at radius 2 is 2.09 bits per heavy atom. The van der Waals surface area contributed by atoms with Crippen LogP contribution >= 0.6 is 7.82 Å². The number of phosphoric acid groups is 1. The third kappa shape index (κ3) is 11.0. The van der Waals surface area contributed by atoms with E-state index in [2.05, 4.69) is 4.52 Å². The van der Waals surface area contributed by atoms with Gasteiger partial charge in [0.25, 0.3) is 7.82 Å². The molecule has 0 spiro atoms. The molecule has 0 amide bonds. The van der Waals surface area contributed by atoms with Crippen molar-refractivity contribution in [1.82, 2.24) is 0 Å². The second kappa shape index (κ2) is 6.54. The Morgan fingerprint density at radius 3 is 2.36 bits per heavy atom. The second-order valence-electron chi connectivity index (χ2n) is 1.60. The summed E-state index contributed by atoms with van der Waals surface area (Å²) in [5, 5.41) is 16.6. The number of hydrogen-bond donors (Lipinski definition) is 3. The molecule has 62 valence electrons. The van der Waals surface area contributed by atoms with E-state index in [1.54, 1.807) is 0 Å². The standard InChI is InChI=1S/C3H9O6P.Na/c4-1-3(5)2-9-10(6,7)8;/h3-5H,1-2H2,(H2,6,7,8);/q;+1/p-1/t3-;/m0./s1. The molecule has 6 nitrogen and oxygen atoms in total. The van der Waals surface area contributed by atoms with Crippen molar-refractivity contribution in [1.29, 1.82) is 0 Å². The average molecular weight is 194 g/mol. The molecular weight excluding hydrogens is 186 g/mol. The molecule has 2 atom stereocenters. The van der Waals surface area contributed by atoms with Crippen molar-refractivity contribution in [2.75, 3.05) is 13.2 Å². The van der Waals surface area contributed by atoms with E-state index in [4.69, 9.17) is 15.1 Å². The quantitative estimate of drug-likeness (QED) is 0.305. The van der Waals surface area contributed by atoms with Crippen LogP contribution in [-0.2, 0) is 9.09 Å². The first-order valence-corrected chi connectivity index (χ1v) is 3.92. The zero-order valence-corrected chi connectivity index (χ0v) is 8.90. The van der Waals surface area contributed by atoms with Gasteiger partial charge in [-0.15, -0.1) is 0 Å². The van der Waals surface area contributed by atoms with E-state index in [1.165, 1.54) is 0 Å². The minimum absolute atomic E-state index is 0. The van der Waals surface area contributed by atoms with Gasteiger partial charge in [-0.05, 0) is 0 Å². The van der Waals surface area contributed by atoms with Crippen LogP contribution in [0.4, 0.5) is 0 Å². The van der Waals surface area contributed by atoms with Gasteiger partial charge in [0.2, 0.25) is 0 Å². The normalized spacial score (nSPS) is 18.2. The summed E-state index contributed by atoms with van der Waals surface area (Å²) in [4.78, 5) is 17.8. The summed E-state index contributed by atoms with van der Waals surface area (Å²) in [6, 6.07) is 0. The zero-order valence-electron chi connectivity index (χ0n) is 6.01. The van der Waals surface area contributed by atoms with Crippen molar-refractivity contribution in [3.63, 3.8) is 0 Å². The van der Waals surface area contributed by atoms with Gasteiger partial charge in [-0.2, -0.15) is 0 Å². The minimum Gasteiger partial charge on any atom is -0.756 e. The van der Waals surface area contributed by atoms with Crippen LogP contribution in [0.2, 0.25) is 0 Å². The van der Waals surface area contributed by atoms with Gasteiger partial charge < -0.3 is 24.5 Å². The van der Waals surface area contributed by atoms with Crippen molar-refractivity contribution in [2.24, 2.45) is 0 Å². The summed E-state index contributed by atoms with van der Waals surface area (Å²) in [5.41, 5.74) is 0. The van der Waals surface area contributed by atoms with Crippen LogP contribution in [0.15, 0.2) is 0 Å². The number of aliphatic hydroxyl groups is 2. The van der Waals surface area contributed by atoms with Crippen LogP contribution < -0.4 is 34.5 Å². The SMILES string of the molecule is O=P([O-])(O)OC[C@@H](O)CO.[Na+]. The Hall–Kier alpha value is 1.03. The predicted octanol–water partition coefficient (Wildman–Crippen LogP) is -5.18. The Labute approximate surface area is 85.7 Å². The van der Waals surface area contributed by atoms with E-state index < -0.39 is 27.1 Å². The molecule has 0 heterocycles. The van der Waals surface area contributed by atoms with Gasteiger partial charge in [-0.1, -0.05) is 0 Å². The zero-order chi connectivity index (χ0) is 8.20. The Morgan fingerprint density at radius 1 is 1.64 bits per heavy atom. The fourth-order valence-electron chi connectivity index (χ4n) is 0.233. The third-order valence-corrected chi connectivity index (χ3v) is 1.12. The van der Waals surface area contributed by atoms with Crippen LogP contribution in [0.25, 0.3) is 0 Å². The van der Waals surface area contributed by atoms with Gasteiger partial charge in [-0.3, -0.25) is 4.57 Å². The van der Waals surface area contributed by atoms with Crippen molar-refractivity contribution < 1.29 is 58.6 Å². The molecule has 0 saturated carbocycles. The van der Waals surface area contributed by atoms with Gasteiger partial charge in [-0.25, -0.2) is 0 Å². The van der Waals surface area contributed by atoms with E-state index in [-0.39, 0.29) is 29.6 Å². The molecule has 0 aliphatic heterocycles. The molecule has 0 aliphatic rings. The van der Waals surface area contributed by atoms with E-state index >= 15 is 0 Å². The van der Waals surface area contributed by atoms with Crippen LogP contribution in [-0.4, -0.2) is 34.4 Å². The minimum atomic E-state index is -4.75. The molecular formula is C3H8NaO6P. The molecule has 0 saturated heterocycles. The summed E-state index contributed by atoms with van der Waals surface area (Å²) in [6.45, 7) is -1.24. The van der Waals surface area contributed by atoms with Gasteiger partial charge in [0.15, 0.2) is 0 Å². The summed E-state index contributed by atoms with van der Waals surface area (Å²) in [7, 11) is -4.75. The number of phosphoric ester groups is 1. The van der Waals surface area contributed by atoms with E-state index in [0.717, 1.165) is 0 Å². The molecule has 0 aromatic heterocycles. The van der Waals surface area contributed by atoms with Crippen molar-refractivity contribution in [2.45, 2.75) is 6.10 Å².